The zero-order chi connectivity index (χ0) is 13.4. The van der Waals surface area contributed by atoms with Gasteiger partial charge in [0, 0.05) is 19.6 Å². The number of amides is 2. The molecule has 4 heteroatoms. The van der Waals surface area contributed by atoms with Gasteiger partial charge < -0.3 is 10.2 Å². The molecular weight excluding hydrogens is 228 g/mol. The summed E-state index contributed by atoms with van der Waals surface area (Å²) in [7, 11) is 0. The van der Waals surface area contributed by atoms with Crippen LogP contribution in [0.2, 0.25) is 0 Å². The predicted molar refractivity (Wildman–Crippen MR) is 70.7 cm³/mol. The first-order valence-corrected chi connectivity index (χ1v) is 5.91. The summed E-state index contributed by atoms with van der Waals surface area (Å²) < 4.78 is 0. The molecule has 0 bridgehead atoms. The number of benzene rings is 1. The SMILES string of the molecule is C=CCNC(=O)C(=O)N(CC)Cc1ccccc1. The van der Waals surface area contributed by atoms with Gasteiger partial charge in [0.2, 0.25) is 0 Å². The van der Waals surface area contributed by atoms with Crippen molar-refractivity contribution < 1.29 is 9.59 Å². The van der Waals surface area contributed by atoms with Crippen molar-refractivity contribution in [2.24, 2.45) is 0 Å². The molecule has 2 amide bonds. The molecule has 0 saturated heterocycles. The molecule has 0 aliphatic heterocycles. The lowest BCUT2D eigenvalue weighted by Crippen LogP contribution is -2.42. The van der Waals surface area contributed by atoms with E-state index in [1.54, 1.807) is 6.08 Å². The van der Waals surface area contributed by atoms with Gasteiger partial charge in [0.1, 0.15) is 0 Å². The second kappa shape index (κ2) is 7.27. The molecule has 1 aromatic carbocycles. The maximum absolute atomic E-state index is 11.9. The van der Waals surface area contributed by atoms with E-state index in [0.717, 1.165) is 5.56 Å². The molecule has 0 spiro atoms. The van der Waals surface area contributed by atoms with E-state index in [1.807, 2.05) is 37.3 Å². The Hall–Kier alpha value is -2.10. The molecule has 4 nitrogen and oxygen atoms in total. The Morgan fingerprint density at radius 3 is 2.56 bits per heavy atom. The first kappa shape index (κ1) is 14.0. The molecule has 0 radical (unpaired) electrons. The van der Waals surface area contributed by atoms with Crippen LogP contribution < -0.4 is 5.32 Å². The molecule has 1 rings (SSSR count). The standard InChI is InChI=1S/C14H18N2O2/c1-3-10-15-13(17)14(18)16(4-2)11-12-8-6-5-7-9-12/h3,5-9H,1,4,10-11H2,2H3,(H,15,17). The number of likely N-dealkylation sites (N-methyl/N-ethyl adjacent to an activating group) is 1. The number of nitrogens with zero attached hydrogens (tertiary/aromatic N) is 1. The van der Waals surface area contributed by atoms with Crippen LogP contribution in [0.1, 0.15) is 12.5 Å². The number of hydrogen-bond acceptors (Lipinski definition) is 2. The summed E-state index contributed by atoms with van der Waals surface area (Å²) in [6.07, 6.45) is 1.54. The smallest absolute Gasteiger partial charge is 0.312 e. The molecule has 0 unspecified atom stereocenters. The molecule has 1 aromatic rings. The second-order valence-electron chi connectivity index (χ2n) is 3.80. The summed E-state index contributed by atoms with van der Waals surface area (Å²) in [6.45, 7) is 6.57. The van der Waals surface area contributed by atoms with Crippen molar-refractivity contribution in [2.45, 2.75) is 13.5 Å². The number of nitrogens with one attached hydrogen (secondary N) is 1. The van der Waals surface area contributed by atoms with Crippen molar-refractivity contribution in [1.82, 2.24) is 10.2 Å². The van der Waals surface area contributed by atoms with Gasteiger partial charge in [0.05, 0.1) is 0 Å². The van der Waals surface area contributed by atoms with Gasteiger partial charge in [-0.2, -0.15) is 0 Å². The van der Waals surface area contributed by atoms with E-state index in [1.165, 1.54) is 4.90 Å². The van der Waals surface area contributed by atoms with Crippen molar-refractivity contribution in [2.75, 3.05) is 13.1 Å². The summed E-state index contributed by atoms with van der Waals surface area (Å²) in [5.41, 5.74) is 1.00. The molecule has 0 heterocycles. The fraction of sp³-hybridized carbons (Fsp3) is 0.286. The molecular formula is C14H18N2O2. The van der Waals surface area contributed by atoms with Gasteiger partial charge in [-0.1, -0.05) is 36.4 Å². The minimum absolute atomic E-state index is 0.299. The molecule has 0 aromatic heterocycles. The maximum atomic E-state index is 11.9. The molecule has 0 aliphatic carbocycles. The zero-order valence-corrected chi connectivity index (χ0v) is 10.6. The highest BCUT2D eigenvalue weighted by molar-refractivity contribution is 6.34. The van der Waals surface area contributed by atoms with E-state index < -0.39 is 11.8 Å². The van der Waals surface area contributed by atoms with E-state index in [-0.39, 0.29) is 0 Å². The summed E-state index contributed by atoms with van der Waals surface area (Å²) >= 11 is 0. The van der Waals surface area contributed by atoms with E-state index in [9.17, 15) is 9.59 Å². The van der Waals surface area contributed by atoms with Crippen molar-refractivity contribution in [3.63, 3.8) is 0 Å². The van der Waals surface area contributed by atoms with E-state index in [0.29, 0.717) is 19.6 Å². The van der Waals surface area contributed by atoms with Crippen molar-refractivity contribution in [1.29, 1.82) is 0 Å². The largest absolute Gasteiger partial charge is 0.344 e. The van der Waals surface area contributed by atoms with Crippen LogP contribution in [0.25, 0.3) is 0 Å². The number of carbonyl (C=O) groups is 2. The number of carbonyl (C=O) groups excluding carboxylic acids is 2. The number of rotatable bonds is 5. The Morgan fingerprint density at radius 1 is 1.33 bits per heavy atom. The monoisotopic (exact) mass is 246 g/mol. The normalized spacial score (nSPS) is 9.61. The quantitative estimate of drug-likeness (QED) is 0.629. The first-order valence-electron chi connectivity index (χ1n) is 5.91. The average Bonchev–Trinajstić information content (AvgIpc) is 2.42. The summed E-state index contributed by atoms with van der Waals surface area (Å²) in [5.74, 6) is -1.10. The highest BCUT2D eigenvalue weighted by Gasteiger charge is 2.19. The zero-order valence-electron chi connectivity index (χ0n) is 10.6. The highest BCUT2D eigenvalue weighted by Crippen LogP contribution is 2.04. The lowest BCUT2D eigenvalue weighted by atomic mass is 10.2. The molecule has 0 saturated carbocycles. The van der Waals surface area contributed by atoms with Gasteiger partial charge in [-0.25, -0.2) is 0 Å². The van der Waals surface area contributed by atoms with E-state index in [4.69, 9.17) is 0 Å². The molecule has 0 aliphatic rings. The maximum Gasteiger partial charge on any atom is 0.312 e. The van der Waals surface area contributed by atoms with Crippen molar-refractivity contribution in [3.05, 3.63) is 48.6 Å². The van der Waals surface area contributed by atoms with Gasteiger partial charge in [-0.15, -0.1) is 6.58 Å². The summed E-state index contributed by atoms with van der Waals surface area (Å²) in [5, 5.41) is 2.48. The van der Waals surface area contributed by atoms with Gasteiger partial charge in [0.15, 0.2) is 0 Å². The lowest BCUT2D eigenvalue weighted by molar-refractivity contribution is -0.146. The fourth-order valence-corrected chi connectivity index (χ4v) is 1.52. The molecule has 1 N–H and O–H groups in total. The number of hydrogen-bond donors (Lipinski definition) is 1. The van der Waals surface area contributed by atoms with Crippen LogP contribution in [0, 0.1) is 0 Å². The van der Waals surface area contributed by atoms with E-state index >= 15 is 0 Å². The first-order chi connectivity index (χ1) is 8.69. The van der Waals surface area contributed by atoms with Gasteiger partial charge in [-0.3, -0.25) is 9.59 Å². The Labute approximate surface area is 107 Å². The Balaban J connectivity index is 2.63. The minimum Gasteiger partial charge on any atom is -0.344 e. The fourth-order valence-electron chi connectivity index (χ4n) is 1.52. The van der Waals surface area contributed by atoms with Gasteiger partial charge in [-0.05, 0) is 12.5 Å². The molecule has 0 fully saturated rings. The van der Waals surface area contributed by atoms with Crippen LogP contribution in [0.15, 0.2) is 43.0 Å². The van der Waals surface area contributed by atoms with Crippen LogP contribution in [-0.4, -0.2) is 29.8 Å². The molecule has 96 valence electrons. The molecule has 18 heavy (non-hydrogen) atoms. The van der Waals surface area contributed by atoms with Gasteiger partial charge in [0.25, 0.3) is 0 Å². The van der Waals surface area contributed by atoms with Gasteiger partial charge >= 0.3 is 11.8 Å². The minimum atomic E-state index is -0.590. The second-order valence-corrected chi connectivity index (χ2v) is 3.80. The van der Waals surface area contributed by atoms with E-state index in [2.05, 4.69) is 11.9 Å². The Kier molecular flexibility index (Phi) is 5.64. The van der Waals surface area contributed by atoms with Crippen molar-refractivity contribution >= 4 is 11.8 Å². The third-order valence-electron chi connectivity index (χ3n) is 2.49. The van der Waals surface area contributed by atoms with Crippen LogP contribution in [0.4, 0.5) is 0 Å². The highest BCUT2D eigenvalue weighted by atomic mass is 16.2. The average molecular weight is 246 g/mol. The van der Waals surface area contributed by atoms with Crippen LogP contribution in [-0.2, 0) is 16.1 Å². The topological polar surface area (TPSA) is 49.4 Å². The Bertz CT molecular complexity index is 415. The molecule has 0 atom stereocenters. The third kappa shape index (κ3) is 4.05. The lowest BCUT2D eigenvalue weighted by Gasteiger charge is -2.20. The summed E-state index contributed by atoms with van der Waals surface area (Å²) in [6, 6.07) is 9.59. The van der Waals surface area contributed by atoms with Crippen LogP contribution in [0.5, 0.6) is 0 Å². The van der Waals surface area contributed by atoms with Crippen LogP contribution >= 0.6 is 0 Å². The van der Waals surface area contributed by atoms with Crippen molar-refractivity contribution in [3.8, 4) is 0 Å². The third-order valence-corrected chi connectivity index (χ3v) is 2.49. The summed E-state index contributed by atoms with van der Waals surface area (Å²) in [4.78, 5) is 24.9. The Morgan fingerprint density at radius 2 is 2.00 bits per heavy atom. The predicted octanol–water partition coefficient (Wildman–Crippen LogP) is 1.34. The van der Waals surface area contributed by atoms with Crippen LogP contribution in [0.3, 0.4) is 0 Å².